The predicted molar refractivity (Wildman–Crippen MR) is 73.6 cm³/mol. The lowest BCUT2D eigenvalue weighted by Gasteiger charge is -2.21. The van der Waals surface area contributed by atoms with E-state index < -0.39 is 0 Å². The first-order valence-corrected chi connectivity index (χ1v) is 5.99. The molecule has 0 atom stereocenters. The Hall–Kier alpha value is -2.70. The van der Waals surface area contributed by atoms with Crippen molar-refractivity contribution in [3.05, 3.63) is 48.0 Å². The van der Waals surface area contributed by atoms with Crippen LogP contribution in [0.2, 0.25) is 0 Å². The van der Waals surface area contributed by atoms with Crippen molar-refractivity contribution >= 4 is 17.5 Å². The van der Waals surface area contributed by atoms with Gasteiger partial charge in [-0.25, -0.2) is 14.4 Å². The molecule has 0 aliphatic heterocycles. The van der Waals surface area contributed by atoms with Crippen LogP contribution in [0.4, 0.5) is 16.0 Å². The molecule has 0 aliphatic rings. The zero-order valence-electron chi connectivity index (χ0n) is 10.9. The zero-order valence-corrected chi connectivity index (χ0v) is 10.9. The largest absolute Gasteiger partial charge is 0.409 e. The first-order chi connectivity index (χ1) is 9.65. The minimum Gasteiger partial charge on any atom is -0.409 e. The van der Waals surface area contributed by atoms with Gasteiger partial charge in [-0.2, -0.15) is 0 Å². The zero-order chi connectivity index (χ0) is 14.5. The predicted octanol–water partition coefficient (Wildman–Crippen LogP) is 1.87. The van der Waals surface area contributed by atoms with Gasteiger partial charge in [0.15, 0.2) is 5.84 Å². The smallest absolute Gasteiger partial charge is 0.230 e. The van der Waals surface area contributed by atoms with Gasteiger partial charge in [0, 0.05) is 18.4 Å². The Bertz CT molecular complexity index is 632. The summed E-state index contributed by atoms with van der Waals surface area (Å²) in [6, 6.07) is 7.65. The van der Waals surface area contributed by atoms with E-state index in [0.717, 1.165) is 0 Å². The normalized spacial score (nSPS) is 11.4. The van der Waals surface area contributed by atoms with Gasteiger partial charge in [0.05, 0.1) is 0 Å². The summed E-state index contributed by atoms with van der Waals surface area (Å²) < 4.78 is 13.3. The van der Waals surface area contributed by atoms with E-state index >= 15 is 0 Å². The lowest BCUT2D eigenvalue weighted by Crippen LogP contribution is -2.22. The molecule has 0 spiro atoms. The van der Waals surface area contributed by atoms with Gasteiger partial charge in [0.1, 0.15) is 11.5 Å². The van der Waals surface area contributed by atoms with Gasteiger partial charge < -0.3 is 15.8 Å². The Morgan fingerprint density at radius 2 is 2.25 bits per heavy atom. The number of hydrogen-bond acceptors (Lipinski definition) is 5. The van der Waals surface area contributed by atoms with Crippen LogP contribution in [0.25, 0.3) is 0 Å². The second-order valence-corrected chi connectivity index (χ2v) is 3.95. The Kier molecular flexibility index (Phi) is 4.09. The Balaban J connectivity index is 2.42. The van der Waals surface area contributed by atoms with Gasteiger partial charge in [-0.1, -0.05) is 11.2 Å². The number of aromatic nitrogens is 2. The van der Waals surface area contributed by atoms with E-state index in [9.17, 15) is 4.39 Å². The molecular weight excluding hydrogens is 261 g/mol. The molecule has 0 aliphatic carbocycles. The third-order valence-electron chi connectivity index (χ3n) is 2.69. The fourth-order valence-electron chi connectivity index (χ4n) is 1.76. The number of nitrogens with two attached hydrogens (primary N) is 1. The Labute approximate surface area is 115 Å². The molecular formula is C13H14FN5O. The van der Waals surface area contributed by atoms with E-state index in [0.29, 0.717) is 23.9 Å². The maximum absolute atomic E-state index is 13.3. The van der Waals surface area contributed by atoms with Crippen LogP contribution in [-0.2, 0) is 0 Å². The van der Waals surface area contributed by atoms with Crippen molar-refractivity contribution in [2.24, 2.45) is 10.9 Å². The molecule has 0 saturated carbocycles. The van der Waals surface area contributed by atoms with Gasteiger partial charge in [0.25, 0.3) is 0 Å². The number of anilines is 2. The highest BCUT2D eigenvalue weighted by Crippen LogP contribution is 2.22. The molecule has 0 bridgehead atoms. The number of hydrogen-bond donors (Lipinski definition) is 2. The summed E-state index contributed by atoms with van der Waals surface area (Å²) in [6.45, 7) is 2.44. The minimum absolute atomic E-state index is 0.107. The molecule has 0 radical (unpaired) electrons. The summed E-state index contributed by atoms with van der Waals surface area (Å²) in [5.74, 6) is -0.0975. The maximum atomic E-state index is 13.3. The fourth-order valence-corrected chi connectivity index (χ4v) is 1.76. The molecule has 6 nitrogen and oxygen atoms in total. The fraction of sp³-hybridized carbons (Fsp3) is 0.154. The lowest BCUT2D eigenvalue weighted by molar-refractivity contribution is 0.318. The van der Waals surface area contributed by atoms with Gasteiger partial charge in [0.2, 0.25) is 5.95 Å². The van der Waals surface area contributed by atoms with E-state index in [1.165, 1.54) is 24.4 Å². The number of rotatable bonds is 4. The van der Waals surface area contributed by atoms with Crippen LogP contribution < -0.4 is 10.6 Å². The second kappa shape index (κ2) is 5.96. The van der Waals surface area contributed by atoms with Crippen LogP contribution in [-0.4, -0.2) is 27.6 Å². The molecule has 1 aromatic heterocycles. The summed E-state index contributed by atoms with van der Waals surface area (Å²) in [7, 11) is 0. The minimum atomic E-state index is -0.339. The van der Waals surface area contributed by atoms with Gasteiger partial charge >= 0.3 is 0 Å². The van der Waals surface area contributed by atoms with Crippen LogP contribution >= 0.6 is 0 Å². The average molecular weight is 275 g/mol. The molecule has 1 aromatic carbocycles. The highest BCUT2D eigenvalue weighted by Gasteiger charge is 2.12. The molecule has 0 amide bonds. The van der Waals surface area contributed by atoms with E-state index in [4.69, 9.17) is 10.9 Å². The lowest BCUT2D eigenvalue weighted by atomic mass is 10.3. The summed E-state index contributed by atoms with van der Waals surface area (Å²) in [5, 5.41) is 11.6. The number of amidine groups is 1. The first-order valence-electron chi connectivity index (χ1n) is 5.99. The van der Waals surface area contributed by atoms with Crippen molar-refractivity contribution in [3.8, 4) is 0 Å². The maximum Gasteiger partial charge on any atom is 0.230 e. The molecule has 2 aromatic rings. The molecule has 0 fully saturated rings. The summed E-state index contributed by atoms with van der Waals surface area (Å²) in [5.41, 5.74) is 6.43. The van der Waals surface area contributed by atoms with Crippen molar-refractivity contribution in [2.45, 2.75) is 6.92 Å². The number of halogens is 1. The van der Waals surface area contributed by atoms with Crippen molar-refractivity contribution < 1.29 is 9.60 Å². The summed E-state index contributed by atoms with van der Waals surface area (Å²) >= 11 is 0. The monoisotopic (exact) mass is 275 g/mol. The van der Waals surface area contributed by atoms with Gasteiger partial charge in [-0.3, -0.25) is 0 Å². The number of nitrogens with zero attached hydrogens (tertiary/aromatic N) is 4. The topological polar surface area (TPSA) is 87.6 Å². The van der Waals surface area contributed by atoms with Crippen molar-refractivity contribution in [2.75, 3.05) is 11.4 Å². The molecule has 0 unspecified atom stereocenters. The summed E-state index contributed by atoms with van der Waals surface area (Å²) in [4.78, 5) is 10.1. The summed E-state index contributed by atoms with van der Waals surface area (Å²) in [6.07, 6.45) is 1.50. The molecule has 2 rings (SSSR count). The van der Waals surface area contributed by atoms with Gasteiger partial charge in [-0.15, -0.1) is 0 Å². The molecule has 1 heterocycles. The molecule has 3 N–H and O–H groups in total. The van der Waals surface area contributed by atoms with Crippen LogP contribution in [0.1, 0.15) is 12.6 Å². The van der Waals surface area contributed by atoms with E-state index in [2.05, 4.69) is 15.1 Å². The molecule has 104 valence electrons. The Morgan fingerprint density at radius 3 is 2.90 bits per heavy atom. The molecule has 7 heteroatoms. The van der Waals surface area contributed by atoms with Crippen molar-refractivity contribution in [3.63, 3.8) is 0 Å². The van der Waals surface area contributed by atoms with Gasteiger partial charge in [-0.05, 0) is 31.2 Å². The van der Waals surface area contributed by atoms with Crippen LogP contribution in [0, 0.1) is 5.82 Å². The van der Waals surface area contributed by atoms with Crippen LogP contribution in [0.3, 0.4) is 0 Å². The first kappa shape index (κ1) is 13.7. The highest BCUT2D eigenvalue weighted by molar-refractivity contribution is 5.95. The van der Waals surface area contributed by atoms with E-state index in [1.807, 2.05) is 6.92 Å². The van der Waals surface area contributed by atoms with Crippen molar-refractivity contribution in [1.29, 1.82) is 0 Å². The van der Waals surface area contributed by atoms with Crippen molar-refractivity contribution in [1.82, 2.24) is 9.97 Å². The van der Waals surface area contributed by atoms with E-state index in [1.54, 1.807) is 17.0 Å². The second-order valence-electron chi connectivity index (χ2n) is 3.95. The quantitative estimate of drug-likeness (QED) is 0.385. The van der Waals surface area contributed by atoms with Crippen LogP contribution in [0.15, 0.2) is 41.7 Å². The molecule has 0 saturated heterocycles. The SMILES string of the molecule is CCN(c1cccc(F)c1)c1nccc(/C(N)=N/O)n1. The number of oxime groups is 1. The molecule has 20 heavy (non-hydrogen) atoms. The van der Waals surface area contributed by atoms with Crippen LogP contribution in [0.5, 0.6) is 0 Å². The third kappa shape index (κ3) is 2.82. The Morgan fingerprint density at radius 1 is 1.45 bits per heavy atom. The van der Waals surface area contributed by atoms with E-state index in [-0.39, 0.29) is 11.7 Å². The third-order valence-corrected chi connectivity index (χ3v) is 2.69. The standard InChI is InChI=1S/C13H14FN5O/c1-2-19(10-5-3-4-9(14)8-10)13-16-7-6-11(17-13)12(15)18-20/h3-8,20H,2H2,1H3,(H2,15,18). The number of benzene rings is 1. The highest BCUT2D eigenvalue weighted by atomic mass is 19.1. The average Bonchev–Trinajstić information content (AvgIpc) is 2.47.